The molecule has 1 N–H and O–H groups in total. The van der Waals surface area contributed by atoms with E-state index in [9.17, 15) is 9.18 Å². The third-order valence-electron chi connectivity index (χ3n) is 5.34. The van der Waals surface area contributed by atoms with Crippen LogP contribution in [0.5, 0.6) is 0 Å². The summed E-state index contributed by atoms with van der Waals surface area (Å²) in [6.07, 6.45) is 1.10. The van der Waals surface area contributed by atoms with Gasteiger partial charge in [0.1, 0.15) is 5.82 Å². The number of halogens is 1. The van der Waals surface area contributed by atoms with Crippen LogP contribution in [-0.2, 0) is 14.9 Å². The summed E-state index contributed by atoms with van der Waals surface area (Å²) in [5, 5.41) is 11.4. The molecule has 0 radical (unpaired) electrons. The van der Waals surface area contributed by atoms with Gasteiger partial charge in [0.25, 0.3) is 0 Å². The summed E-state index contributed by atoms with van der Waals surface area (Å²) in [5.41, 5.74) is 2.20. The van der Waals surface area contributed by atoms with Crippen LogP contribution < -0.4 is 5.32 Å². The van der Waals surface area contributed by atoms with E-state index in [4.69, 9.17) is 4.74 Å². The molecule has 6 heteroatoms. The summed E-state index contributed by atoms with van der Waals surface area (Å²) >= 11 is 0. The van der Waals surface area contributed by atoms with E-state index in [1.165, 1.54) is 12.1 Å². The molecule has 0 saturated carbocycles. The second kappa shape index (κ2) is 8.97. The van der Waals surface area contributed by atoms with Gasteiger partial charge in [-0.15, -0.1) is 0 Å². The van der Waals surface area contributed by atoms with Gasteiger partial charge in [-0.3, -0.25) is 4.79 Å². The maximum absolute atomic E-state index is 13.4. The van der Waals surface area contributed by atoms with Gasteiger partial charge >= 0.3 is 0 Å². The SMILES string of the molecule is O=C(Nc1ccc(N=Nc2ccccc2)cc1)C1(c2ccc(F)cc2)CCOCC1. The van der Waals surface area contributed by atoms with Gasteiger partial charge in [0.05, 0.1) is 16.8 Å². The minimum absolute atomic E-state index is 0.115. The molecule has 0 bridgehead atoms. The molecule has 30 heavy (non-hydrogen) atoms. The van der Waals surface area contributed by atoms with Crippen molar-refractivity contribution in [3.05, 3.63) is 90.2 Å². The highest BCUT2D eigenvalue weighted by Crippen LogP contribution is 2.36. The first-order chi connectivity index (χ1) is 14.7. The van der Waals surface area contributed by atoms with Gasteiger partial charge in [-0.05, 0) is 66.9 Å². The Balaban J connectivity index is 1.50. The monoisotopic (exact) mass is 403 g/mol. The summed E-state index contributed by atoms with van der Waals surface area (Å²) in [6, 6.07) is 22.9. The summed E-state index contributed by atoms with van der Waals surface area (Å²) in [4.78, 5) is 13.3. The highest BCUT2D eigenvalue weighted by Gasteiger charge is 2.41. The normalized spacial score (nSPS) is 15.8. The molecular formula is C24H22FN3O2. The van der Waals surface area contributed by atoms with Crippen molar-refractivity contribution in [3.63, 3.8) is 0 Å². The molecule has 0 spiro atoms. The smallest absolute Gasteiger partial charge is 0.235 e. The Hall–Kier alpha value is -3.38. The van der Waals surface area contributed by atoms with E-state index in [-0.39, 0.29) is 11.7 Å². The standard InChI is InChI=1S/C24H22FN3O2/c25-19-8-6-18(7-9-19)24(14-16-30-17-15-24)23(29)26-20-10-12-22(13-11-20)28-27-21-4-2-1-3-5-21/h1-13H,14-17H2,(H,26,29). The van der Waals surface area contributed by atoms with Crippen molar-refractivity contribution >= 4 is 23.0 Å². The predicted octanol–water partition coefficient (Wildman–Crippen LogP) is 5.93. The van der Waals surface area contributed by atoms with E-state index in [2.05, 4.69) is 15.5 Å². The fourth-order valence-electron chi connectivity index (χ4n) is 3.61. The van der Waals surface area contributed by atoms with Crippen molar-refractivity contribution in [1.82, 2.24) is 0 Å². The third kappa shape index (κ3) is 4.44. The van der Waals surface area contributed by atoms with Crippen LogP contribution in [-0.4, -0.2) is 19.1 Å². The fourth-order valence-corrected chi connectivity index (χ4v) is 3.61. The van der Waals surface area contributed by atoms with Crippen molar-refractivity contribution in [3.8, 4) is 0 Å². The van der Waals surface area contributed by atoms with Crippen molar-refractivity contribution in [1.29, 1.82) is 0 Å². The number of ether oxygens (including phenoxy) is 1. The Morgan fingerprint density at radius 1 is 0.833 bits per heavy atom. The first kappa shape index (κ1) is 19.9. The van der Waals surface area contributed by atoms with Gasteiger partial charge in [-0.2, -0.15) is 10.2 Å². The van der Waals surface area contributed by atoms with E-state index in [0.29, 0.717) is 37.4 Å². The van der Waals surface area contributed by atoms with Gasteiger partial charge in [0.15, 0.2) is 0 Å². The number of amides is 1. The Morgan fingerprint density at radius 2 is 1.43 bits per heavy atom. The molecule has 1 fully saturated rings. The van der Waals surface area contributed by atoms with Crippen LogP contribution in [0.4, 0.5) is 21.5 Å². The molecular weight excluding hydrogens is 381 g/mol. The van der Waals surface area contributed by atoms with E-state index in [0.717, 1.165) is 11.3 Å². The van der Waals surface area contributed by atoms with Gasteiger partial charge in [-0.25, -0.2) is 4.39 Å². The van der Waals surface area contributed by atoms with Crippen molar-refractivity contribution in [2.75, 3.05) is 18.5 Å². The molecule has 1 saturated heterocycles. The van der Waals surface area contributed by atoms with Crippen LogP contribution in [0.2, 0.25) is 0 Å². The van der Waals surface area contributed by atoms with Crippen LogP contribution in [0.15, 0.2) is 89.1 Å². The number of anilines is 1. The maximum Gasteiger partial charge on any atom is 0.235 e. The van der Waals surface area contributed by atoms with Crippen LogP contribution in [0.1, 0.15) is 18.4 Å². The molecule has 1 aliphatic heterocycles. The quantitative estimate of drug-likeness (QED) is 0.537. The van der Waals surface area contributed by atoms with E-state index in [1.807, 2.05) is 30.3 Å². The zero-order valence-corrected chi connectivity index (χ0v) is 16.4. The van der Waals surface area contributed by atoms with Crippen molar-refractivity contribution < 1.29 is 13.9 Å². The average Bonchev–Trinajstić information content (AvgIpc) is 2.80. The largest absolute Gasteiger partial charge is 0.381 e. The Bertz CT molecular complexity index is 1010. The van der Waals surface area contributed by atoms with Gasteiger partial charge in [-0.1, -0.05) is 30.3 Å². The fraction of sp³-hybridized carbons (Fsp3) is 0.208. The van der Waals surface area contributed by atoms with Crippen LogP contribution in [0.25, 0.3) is 0 Å². The Labute approximate surface area is 174 Å². The first-order valence-electron chi connectivity index (χ1n) is 9.88. The molecule has 3 aromatic carbocycles. The Kier molecular flexibility index (Phi) is 5.95. The van der Waals surface area contributed by atoms with Crippen molar-refractivity contribution in [2.45, 2.75) is 18.3 Å². The van der Waals surface area contributed by atoms with E-state index in [1.54, 1.807) is 36.4 Å². The first-order valence-corrected chi connectivity index (χ1v) is 9.88. The zero-order chi connectivity index (χ0) is 20.8. The topological polar surface area (TPSA) is 63.0 Å². The lowest BCUT2D eigenvalue weighted by atomic mass is 9.73. The zero-order valence-electron chi connectivity index (χ0n) is 16.4. The molecule has 0 aromatic heterocycles. The van der Waals surface area contributed by atoms with Crippen molar-refractivity contribution in [2.24, 2.45) is 10.2 Å². The maximum atomic E-state index is 13.4. The average molecular weight is 403 g/mol. The van der Waals surface area contributed by atoms with E-state index >= 15 is 0 Å². The number of carbonyl (C=O) groups excluding carboxylic acids is 1. The third-order valence-corrected chi connectivity index (χ3v) is 5.34. The second-order valence-electron chi connectivity index (χ2n) is 7.24. The summed E-state index contributed by atoms with van der Waals surface area (Å²) in [7, 11) is 0. The van der Waals surface area contributed by atoms with Crippen LogP contribution >= 0.6 is 0 Å². The highest BCUT2D eigenvalue weighted by molar-refractivity contribution is 5.99. The predicted molar refractivity (Wildman–Crippen MR) is 114 cm³/mol. The number of hydrogen-bond donors (Lipinski definition) is 1. The number of hydrogen-bond acceptors (Lipinski definition) is 4. The molecule has 3 aromatic rings. The molecule has 152 valence electrons. The van der Waals surface area contributed by atoms with Gasteiger partial charge in [0, 0.05) is 18.9 Å². The lowest BCUT2D eigenvalue weighted by Crippen LogP contribution is -2.44. The molecule has 5 nitrogen and oxygen atoms in total. The molecule has 0 atom stereocenters. The molecule has 1 amide bonds. The number of rotatable bonds is 5. The van der Waals surface area contributed by atoms with E-state index < -0.39 is 5.41 Å². The number of carbonyl (C=O) groups is 1. The highest BCUT2D eigenvalue weighted by atomic mass is 19.1. The second-order valence-corrected chi connectivity index (χ2v) is 7.24. The lowest BCUT2D eigenvalue weighted by molar-refractivity contribution is -0.125. The molecule has 0 unspecified atom stereocenters. The number of nitrogens with zero attached hydrogens (tertiary/aromatic N) is 2. The molecule has 4 rings (SSSR count). The Morgan fingerprint density at radius 3 is 2.07 bits per heavy atom. The van der Waals surface area contributed by atoms with Gasteiger partial charge < -0.3 is 10.1 Å². The summed E-state index contributed by atoms with van der Waals surface area (Å²) < 4.78 is 18.9. The summed E-state index contributed by atoms with van der Waals surface area (Å²) in [5.74, 6) is -0.433. The number of benzene rings is 3. The number of azo groups is 1. The number of nitrogens with one attached hydrogen (secondary N) is 1. The summed E-state index contributed by atoms with van der Waals surface area (Å²) in [6.45, 7) is 0.979. The molecule has 1 aliphatic rings. The lowest BCUT2D eigenvalue weighted by Gasteiger charge is -2.36. The minimum atomic E-state index is -0.738. The molecule has 0 aliphatic carbocycles. The van der Waals surface area contributed by atoms with Crippen LogP contribution in [0, 0.1) is 5.82 Å². The minimum Gasteiger partial charge on any atom is -0.381 e. The van der Waals surface area contributed by atoms with Gasteiger partial charge in [0.2, 0.25) is 5.91 Å². The van der Waals surface area contributed by atoms with Crippen LogP contribution in [0.3, 0.4) is 0 Å². The molecule has 1 heterocycles.